The first-order valence-corrected chi connectivity index (χ1v) is 9.16. The van der Waals surface area contributed by atoms with E-state index in [9.17, 15) is 4.79 Å². The third-order valence-corrected chi connectivity index (χ3v) is 5.18. The van der Waals surface area contributed by atoms with E-state index in [-0.39, 0.29) is 12.0 Å². The molecular formula is C18H25N3O3. The van der Waals surface area contributed by atoms with E-state index >= 15 is 0 Å². The normalized spacial score (nSPS) is 27.2. The van der Waals surface area contributed by atoms with Gasteiger partial charge >= 0.3 is 0 Å². The molecule has 24 heavy (non-hydrogen) atoms. The molecular weight excluding hydrogens is 306 g/mol. The summed E-state index contributed by atoms with van der Waals surface area (Å²) in [6, 6.07) is 3.93. The number of carbonyl (C=O) groups excluding carboxylic acids is 1. The Morgan fingerprint density at radius 3 is 2.83 bits per heavy atom. The van der Waals surface area contributed by atoms with Crippen LogP contribution in [0.15, 0.2) is 12.1 Å². The first-order chi connectivity index (χ1) is 11.8. The molecule has 6 heteroatoms. The van der Waals surface area contributed by atoms with Crippen molar-refractivity contribution in [2.24, 2.45) is 5.92 Å². The first kappa shape index (κ1) is 15.8. The molecule has 2 unspecified atom stereocenters. The van der Waals surface area contributed by atoms with Crippen LogP contribution in [0.2, 0.25) is 0 Å². The van der Waals surface area contributed by atoms with Crippen LogP contribution in [0.5, 0.6) is 5.88 Å². The van der Waals surface area contributed by atoms with Crippen LogP contribution in [0.4, 0.5) is 0 Å². The maximum absolute atomic E-state index is 12.5. The summed E-state index contributed by atoms with van der Waals surface area (Å²) in [6.07, 6.45) is 6.23. The molecule has 0 aromatic carbocycles. The zero-order valence-corrected chi connectivity index (χ0v) is 14.0. The topological polar surface area (TPSA) is 64.5 Å². The van der Waals surface area contributed by atoms with Crippen LogP contribution in [-0.4, -0.2) is 53.4 Å². The molecule has 2 atom stereocenters. The van der Waals surface area contributed by atoms with E-state index in [1.54, 1.807) is 0 Å². The Morgan fingerprint density at radius 1 is 1.21 bits per heavy atom. The standard InChI is InChI=1S/C18H25N3O3/c22-18(16-3-1-2-10-23-16)21-9-8-13(11-21)12-24-17-7-6-15(19-20-17)14-4-5-14/h6-7,13-14,16H,1-5,8-12H2. The highest BCUT2D eigenvalue weighted by atomic mass is 16.5. The summed E-state index contributed by atoms with van der Waals surface area (Å²) >= 11 is 0. The van der Waals surface area contributed by atoms with Crippen molar-refractivity contribution in [3.05, 3.63) is 17.8 Å². The molecule has 3 aliphatic rings. The maximum atomic E-state index is 12.5. The zero-order valence-electron chi connectivity index (χ0n) is 14.0. The Bertz CT molecular complexity index is 567. The van der Waals surface area contributed by atoms with Gasteiger partial charge in [-0.15, -0.1) is 5.10 Å². The third kappa shape index (κ3) is 3.69. The van der Waals surface area contributed by atoms with Gasteiger partial charge in [0, 0.05) is 37.6 Å². The predicted octanol–water partition coefficient (Wildman–Crippen LogP) is 2.15. The second-order valence-electron chi connectivity index (χ2n) is 7.18. The Kier molecular flexibility index (Phi) is 4.65. The number of hydrogen-bond acceptors (Lipinski definition) is 5. The molecule has 0 spiro atoms. The van der Waals surface area contributed by atoms with Crippen LogP contribution in [0, 0.1) is 5.92 Å². The number of rotatable bonds is 5. The molecule has 130 valence electrons. The summed E-state index contributed by atoms with van der Waals surface area (Å²) in [5, 5.41) is 8.39. The summed E-state index contributed by atoms with van der Waals surface area (Å²) in [4.78, 5) is 14.4. The SMILES string of the molecule is O=C(C1CCCCO1)N1CCC(COc2ccc(C3CC3)nn2)C1. The number of amides is 1. The molecule has 0 N–H and O–H groups in total. The lowest BCUT2D eigenvalue weighted by Gasteiger charge is -2.26. The molecule has 2 saturated heterocycles. The lowest BCUT2D eigenvalue weighted by molar-refractivity contribution is -0.145. The van der Waals surface area contributed by atoms with E-state index in [4.69, 9.17) is 9.47 Å². The van der Waals surface area contributed by atoms with E-state index in [1.807, 2.05) is 17.0 Å². The van der Waals surface area contributed by atoms with Gasteiger partial charge in [0.05, 0.1) is 12.3 Å². The fourth-order valence-corrected chi connectivity index (χ4v) is 3.52. The Morgan fingerprint density at radius 2 is 2.12 bits per heavy atom. The van der Waals surface area contributed by atoms with Crippen LogP contribution < -0.4 is 4.74 Å². The fraction of sp³-hybridized carbons (Fsp3) is 0.722. The van der Waals surface area contributed by atoms with E-state index < -0.39 is 0 Å². The number of carbonyl (C=O) groups is 1. The number of hydrogen-bond donors (Lipinski definition) is 0. The van der Waals surface area contributed by atoms with Gasteiger partial charge in [-0.05, 0) is 44.6 Å². The van der Waals surface area contributed by atoms with Gasteiger partial charge < -0.3 is 14.4 Å². The molecule has 0 radical (unpaired) electrons. The molecule has 2 aliphatic heterocycles. The lowest BCUT2D eigenvalue weighted by atomic mass is 10.1. The van der Waals surface area contributed by atoms with Gasteiger partial charge in [-0.25, -0.2) is 0 Å². The van der Waals surface area contributed by atoms with Crippen molar-refractivity contribution >= 4 is 5.91 Å². The zero-order chi connectivity index (χ0) is 16.4. The van der Waals surface area contributed by atoms with Gasteiger partial charge in [0.25, 0.3) is 5.91 Å². The van der Waals surface area contributed by atoms with Gasteiger partial charge in [-0.3, -0.25) is 4.79 Å². The molecule has 3 fully saturated rings. The smallest absolute Gasteiger partial charge is 0.251 e. The van der Waals surface area contributed by atoms with Gasteiger partial charge in [0.2, 0.25) is 5.88 Å². The van der Waals surface area contributed by atoms with Gasteiger partial charge in [0.15, 0.2) is 0 Å². The van der Waals surface area contributed by atoms with Gasteiger partial charge in [0.1, 0.15) is 6.10 Å². The summed E-state index contributed by atoms with van der Waals surface area (Å²) in [6.45, 7) is 2.87. The molecule has 1 saturated carbocycles. The van der Waals surface area contributed by atoms with E-state index in [0.29, 0.717) is 30.9 Å². The van der Waals surface area contributed by atoms with Crippen LogP contribution in [0.3, 0.4) is 0 Å². The van der Waals surface area contributed by atoms with E-state index in [2.05, 4.69) is 10.2 Å². The summed E-state index contributed by atoms with van der Waals surface area (Å²) in [7, 11) is 0. The van der Waals surface area contributed by atoms with E-state index in [1.165, 1.54) is 12.8 Å². The fourth-order valence-electron chi connectivity index (χ4n) is 3.52. The third-order valence-electron chi connectivity index (χ3n) is 5.18. The summed E-state index contributed by atoms with van der Waals surface area (Å²) < 4.78 is 11.4. The Hall–Kier alpha value is -1.69. The van der Waals surface area contributed by atoms with Crippen molar-refractivity contribution in [2.45, 2.75) is 50.5 Å². The molecule has 6 nitrogen and oxygen atoms in total. The summed E-state index contributed by atoms with van der Waals surface area (Å²) in [5.41, 5.74) is 1.08. The second-order valence-corrected chi connectivity index (χ2v) is 7.18. The minimum absolute atomic E-state index is 0.158. The molecule has 1 aromatic rings. The number of ether oxygens (including phenoxy) is 2. The van der Waals surface area contributed by atoms with Crippen molar-refractivity contribution < 1.29 is 14.3 Å². The van der Waals surface area contributed by atoms with Crippen molar-refractivity contribution in [1.29, 1.82) is 0 Å². The quantitative estimate of drug-likeness (QED) is 0.827. The van der Waals surface area contributed by atoms with Crippen molar-refractivity contribution in [1.82, 2.24) is 15.1 Å². The average Bonchev–Trinajstić information content (AvgIpc) is 3.38. The number of likely N-dealkylation sites (tertiary alicyclic amines) is 1. The van der Waals surface area contributed by atoms with Crippen molar-refractivity contribution in [3.63, 3.8) is 0 Å². The van der Waals surface area contributed by atoms with Gasteiger partial charge in [-0.2, -0.15) is 5.10 Å². The van der Waals surface area contributed by atoms with Crippen molar-refractivity contribution in [3.8, 4) is 5.88 Å². The second kappa shape index (κ2) is 7.05. The largest absolute Gasteiger partial charge is 0.476 e. The highest BCUT2D eigenvalue weighted by molar-refractivity contribution is 5.81. The predicted molar refractivity (Wildman–Crippen MR) is 87.8 cm³/mol. The lowest BCUT2D eigenvalue weighted by Crippen LogP contribution is -2.40. The monoisotopic (exact) mass is 331 g/mol. The molecule has 0 bridgehead atoms. The maximum Gasteiger partial charge on any atom is 0.251 e. The van der Waals surface area contributed by atoms with E-state index in [0.717, 1.165) is 44.5 Å². The molecule has 3 heterocycles. The molecule has 4 rings (SSSR count). The van der Waals surface area contributed by atoms with Crippen molar-refractivity contribution in [2.75, 3.05) is 26.3 Å². The minimum atomic E-state index is -0.223. The van der Waals surface area contributed by atoms with Crippen LogP contribution in [-0.2, 0) is 9.53 Å². The first-order valence-electron chi connectivity index (χ1n) is 9.16. The number of aromatic nitrogens is 2. The molecule has 1 amide bonds. The molecule has 1 aliphatic carbocycles. The minimum Gasteiger partial charge on any atom is -0.476 e. The van der Waals surface area contributed by atoms with Crippen LogP contribution in [0.25, 0.3) is 0 Å². The highest BCUT2D eigenvalue weighted by Crippen LogP contribution is 2.38. The Balaban J connectivity index is 1.23. The van der Waals surface area contributed by atoms with Gasteiger partial charge in [-0.1, -0.05) is 0 Å². The highest BCUT2D eigenvalue weighted by Gasteiger charge is 2.32. The summed E-state index contributed by atoms with van der Waals surface area (Å²) in [5.74, 6) is 1.72. The molecule has 1 aromatic heterocycles. The number of nitrogens with zero attached hydrogens (tertiary/aromatic N) is 3. The van der Waals surface area contributed by atoms with Crippen LogP contribution >= 0.6 is 0 Å². The van der Waals surface area contributed by atoms with Crippen LogP contribution in [0.1, 0.15) is 50.1 Å². The Labute approximate surface area is 142 Å². The average molecular weight is 331 g/mol.